The minimum atomic E-state index is -0.775. The van der Waals surface area contributed by atoms with Crippen molar-refractivity contribution in [3.05, 3.63) is 83.4 Å². The molecule has 1 heterocycles. The second kappa shape index (κ2) is 12.5. The summed E-state index contributed by atoms with van der Waals surface area (Å²) in [5.74, 6) is 0.400. The van der Waals surface area contributed by atoms with Gasteiger partial charge in [-0.3, -0.25) is 10.1 Å². The fourth-order valence-corrected chi connectivity index (χ4v) is 3.84. The Balaban J connectivity index is 1.54. The van der Waals surface area contributed by atoms with Gasteiger partial charge in [-0.15, -0.1) is 0 Å². The van der Waals surface area contributed by atoms with E-state index >= 15 is 0 Å². The third-order valence-corrected chi connectivity index (χ3v) is 5.86. The van der Waals surface area contributed by atoms with Gasteiger partial charge in [-0.05, 0) is 54.1 Å². The van der Waals surface area contributed by atoms with Crippen molar-refractivity contribution >= 4 is 29.4 Å². The maximum atomic E-state index is 12.6. The molecule has 0 saturated carbocycles. The number of nitrogens with zero attached hydrogens (tertiary/aromatic N) is 1. The maximum Gasteiger partial charge on any atom is 0.344 e. The van der Waals surface area contributed by atoms with Crippen LogP contribution in [0, 0.1) is 11.3 Å². The van der Waals surface area contributed by atoms with E-state index in [0.29, 0.717) is 44.7 Å². The number of nitriles is 1. The number of carbonyl (C=O) groups excluding carboxylic acids is 2. The quantitative estimate of drug-likeness (QED) is 0.251. The molecule has 0 spiro atoms. The molecule has 0 saturated heterocycles. The van der Waals surface area contributed by atoms with E-state index in [-0.39, 0.29) is 11.4 Å². The topological polar surface area (TPSA) is 120 Å². The lowest BCUT2D eigenvalue weighted by Crippen LogP contribution is -2.23. The Morgan fingerprint density at radius 2 is 1.51 bits per heavy atom. The summed E-state index contributed by atoms with van der Waals surface area (Å²) in [6.45, 7) is -1.06. The van der Waals surface area contributed by atoms with Crippen molar-refractivity contribution in [2.75, 3.05) is 32.8 Å². The van der Waals surface area contributed by atoms with Crippen LogP contribution in [0.5, 0.6) is 17.2 Å². The molecule has 198 valence electrons. The van der Waals surface area contributed by atoms with Crippen molar-refractivity contribution in [1.82, 2.24) is 0 Å². The van der Waals surface area contributed by atoms with Crippen molar-refractivity contribution in [1.29, 1.82) is 5.26 Å². The Bertz CT molecular complexity index is 1510. The molecule has 10 heteroatoms. The fraction of sp³-hybridized carbons (Fsp3) is 0.138. The highest BCUT2D eigenvalue weighted by atomic mass is 35.5. The van der Waals surface area contributed by atoms with Crippen LogP contribution < -0.4 is 19.5 Å². The predicted molar refractivity (Wildman–Crippen MR) is 144 cm³/mol. The molecule has 3 aromatic carbocycles. The molecule has 1 N–H and O–H groups in total. The number of furan rings is 1. The molecule has 0 aliphatic carbocycles. The van der Waals surface area contributed by atoms with Gasteiger partial charge in [0.1, 0.15) is 34.6 Å². The molecule has 4 aromatic rings. The van der Waals surface area contributed by atoms with Crippen molar-refractivity contribution in [3.63, 3.8) is 0 Å². The molecular formula is C29H23ClN2O7. The van der Waals surface area contributed by atoms with Crippen LogP contribution in [0.1, 0.15) is 5.56 Å². The number of halogens is 1. The number of nitrogens with one attached hydrogen (secondary N) is 1. The number of amides is 1. The average molecular weight is 547 g/mol. The summed E-state index contributed by atoms with van der Waals surface area (Å²) in [5, 5.41) is 12.9. The number of methoxy groups -OCH3 is 2. The molecule has 1 amide bonds. The molecule has 0 radical (unpaired) electrons. The standard InChI is InChI=1S/C29H23ClN2O7/c1-35-20-11-7-18(8-12-20)27-22(15-31)29(39-28(27)19-9-13-21(36-2)14-10-19)32-25(33)16-38-26(34)17-37-24-6-4-3-5-23(24)30/h3-14H,16-17H2,1-2H3,(H,32,33). The SMILES string of the molecule is COc1ccc(-c2oc(NC(=O)COC(=O)COc3ccccc3Cl)c(C#N)c2-c2ccc(OC)cc2)cc1. The Morgan fingerprint density at radius 1 is 0.897 bits per heavy atom. The van der Waals surface area contributed by atoms with Gasteiger partial charge in [0.25, 0.3) is 5.91 Å². The average Bonchev–Trinajstić information content (AvgIpc) is 3.33. The van der Waals surface area contributed by atoms with E-state index in [1.54, 1.807) is 87.0 Å². The predicted octanol–water partition coefficient (Wildman–Crippen LogP) is 5.72. The maximum absolute atomic E-state index is 12.6. The number of hydrogen-bond acceptors (Lipinski definition) is 8. The van der Waals surface area contributed by atoms with E-state index in [2.05, 4.69) is 11.4 Å². The first-order valence-electron chi connectivity index (χ1n) is 11.6. The van der Waals surface area contributed by atoms with Crippen LogP contribution in [0.15, 0.2) is 77.2 Å². The Labute approximate surface area is 229 Å². The summed E-state index contributed by atoms with van der Waals surface area (Å²) in [6, 6.07) is 22.9. The minimum absolute atomic E-state index is 0.0810. The zero-order chi connectivity index (χ0) is 27.8. The van der Waals surface area contributed by atoms with Crippen LogP contribution >= 0.6 is 11.6 Å². The summed E-state index contributed by atoms with van der Waals surface area (Å²) >= 11 is 6.00. The van der Waals surface area contributed by atoms with Gasteiger partial charge < -0.3 is 23.4 Å². The first-order chi connectivity index (χ1) is 18.9. The number of rotatable bonds is 10. The van der Waals surface area contributed by atoms with Crippen molar-refractivity contribution in [3.8, 4) is 45.8 Å². The second-order valence-electron chi connectivity index (χ2n) is 8.01. The van der Waals surface area contributed by atoms with Gasteiger partial charge in [-0.1, -0.05) is 35.9 Å². The summed E-state index contributed by atoms with van der Waals surface area (Å²) in [7, 11) is 3.11. The van der Waals surface area contributed by atoms with Crippen LogP contribution in [-0.4, -0.2) is 39.3 Å². The lowest BCUT2D eigenvalue weighted by molar-refractivity contribution is -0.149. The third kappa shape index (κ3) is 6.50. The molecule has 39 heavy (non-hydrogen) atoms. The van der Waals surface area contributed by atoms with Gasteiger partial charge in [-0.2, -0.15) is 5.26 Å². The van der Waals surface area contributed by atoms with Gasteiger partial charge in [0.2, 0.25) is 5.88 Å². The number of esters is 1. The van der Waals surface area contributed by atoms with E-state index in [1.807, 2.05) is 0 Å². The molecule has 0 bridgehead atoms. The summed E-state index contributed by atoms with van der Waals surface area (Å²) < 4.78 is 26.8. The summed E-state index contributed by atoms with van der Waals surface area (Å²) in [4.78, 5) is 24.7. The fourth-order valence-electron chi connectivity index (χ4n) is 3.65. The first-order valence-corrected chi connectivity index (χ1v) is 12.0. The molecule has 4 rings (SSSR count). The van der Waals surface area contributed by atoms with Crippen molar-refractivity contribution in [2.45, 2.75) is 0 Å². The molecule has 0 atom stereocenters. The van der Waals surface area contributed by atoms with Gasteiger partial charge in [0, 0.05) is 11.1 Å². The van der Waals surface area contributed by atoms with Crippen molar-refractivity contribution in [2.24, 2.45) is 0 Å². The smallest absolute Gasteiger partial charge is 0.344 e. The number of para-hydroxylation sites is 1. The Morgan fingerprint density at radius 3 is 2.10 bits per heavy atom. The number of carbonyl (C=O) groups is 2. The lowest BCUT2D eigenvalue weighted by atomic mass is 9.98. The van der Waals surface area contributed by atoms with Crippen LogP contribution in [0.2, 0.25) is 5.02 Å². The van der Waals surface area contributed by atoms with E-state index in [4.69, 9.17) is 35.0 Å². The van der Waals surface area contributed by atoms with E-state index < -0.39 is 25.1 Å². The number of hydrogen-bond donors (Lipinski definition) is 1. The van der Waals surface area contributed by atoms with E-state index in [0.717, 1.165) is 0 Å². The molecule has 9 nitrogen and oxygen atoms in total. The third-order valence-electron chi connectivity index (χ3n) is 5.55. The molecule has 0 fully saturated rings. The normalized spacial score (nSPS) is 10.3. The minimum Gasteiger partial charge on any atom is -0.497 e. The number of benzene rings is 3. The van der Waals surface area contributed by atoms with Gasteiger partial charge in [-0.25, -0.2) is 4.79 Å². The van der Waals surface area contributed by atoms with Crippen LogP contribution in [0.3, 0.4) is 0 Å². The first kappa shape index (κ1) is 27.1. The Kier molecular flexibility index (Phi) is 8.71. The molecule has 0 unspecified atom stereocenters. The van der Waals surface area contributed by atoms with Crippen LogP contribution in [0.4, 0.5) is 5.88 Å². The molecule has 1 aromatic heterocycles. The second-order valence-corrected chi connectivity index (χ2v) is 8.41. The van der Waals surface area contributed by atoms with Crippen LogP contribution in [0.25, 0.3) is 22.5 Å². The lowest BCUT2D eigenvalue weighted by Gasteiger charge is -2.08. The number of ether oxygens (including phenoxy) is 4. The van der Waals surface area contributed by atoms with Gasteiger partial charge >= 0.3 is 5.97 Å². The van der Waals surface area contributed by atoms with Gasteiger partial charge in [0.15, 0.2) is 13.2 Å². The largest absolute Gasteiger partial charge is 0.497 e. The molecule has 0 aliphatic heterocycles. The Hall–Kier alpha value is -4.94. The van der Waals surface area contributed by atoms with Gasteiger partial charge in [0.05, 0.1) is 19.2 Å². The number of anilines is 1. The summed E-state index contributed by atoms with van der Waals surface area (Å²) in [5.41, 5.74) is 1.91. The highest BCUT2D eigenvalue weighted by molar-refractivity contribution is 6.32. The molecule has 0 aliphatic rings. The van der Waals surface area contributed by atoms with Crippen LogP contribution in [-0.2, 0) is 14.3 Å². The monoisotopic (exact) mass is 546 g/mol. The summed E-state index contributed by atoms with van der Waals surface area (Å²) in [6.07, 6.45) is 0. The van der Waals surface area contributed by atoms with E-state index in [1.165, 1.54) is 0 Å². The zero-order valence-corrected chi connectivity index (χ0v) is 21.8. The highest BCUT2D eigenvalue weighted by Gasteiger charge is 2.25. The van der Waals surface area contributed by atoms with E-state index in [9.17, 15) is 14.9 Å². The van der Waals surface area contributed by atoms with Crippen molar-refractivity contribution < 1.29 is 33.0 Å². The highest BCUT2D eigenvalue weighted by Crippen LogP contribution is 2.42. The molecular weight excluding hydrogens is 524 g/mol. The zero-order valence-electron chi connectivity index (χ0n) is 21.0.